The van der Waals surface area contributed by atoms with Crippen LogP contribution in [0.15, 0.2) is 42.5 Å². The van der Waals surface area contributed by atoms with Gasteiger partial charge in [-0.1, -0.05) is 17.7 Å². The Kier molecular flexibility index (Phi) is 4.74. The summed E-state index contributed by atoms with van der Waals surface area (Å²) in [6.45, 7) is 7.11. The number of carbonyl (C=O) groups excluding carboxylic acids is 1. The lowest BCUT2D eigenvalue weighted by atomic mass is 10.1. The fourth-order valence-electron chi connectivity index (χ4n) is 3.25. The molecule has 1 aliphatic rings. The highest BCUT2D eigenvalue weighted by molar-refractivity contribution is 5.96. The van der Waals surface area contributed by atoms with Gasteiger partial charge >= 0.3 is 5.97 Å². The van der Waals surface area contributed by atoms with E-state index in [1.54, 1.807) is 12.1 Å². The molecule has 130 valence electrons. The molecule has 1 saturated heterocycles. The summed E-state index contributed by atoms with van der Waals surface area (Å²) in [5.74, 6) is -1.03. The molecule has 1 fully saturated rings. The average molecular weight is 338 g/mol. The SMILES string of the molecule is Cc1ccc(N2CCN(C(=O)c3ccc(C(=O)O)cc3)CC2)c(C)c1. The monoisotopic (exact) mass is 338 g/mol. The van der Waals surface area contributed by atoms with Gasteiger partial charge in [0.05, 0.1) is 5.56 Å². The van der Waals surface area contributed by atoms with E-state index in [0.717, 1.165) is 13.1 Å². The first-order valence-electron chi connectivity index (χ1n) is 8.40. The molecule has 1 heterocycles. The molecule has 25 heavy (non-hydrogen) atoms. The maximum absolute atomic E-state index is 12.6. The van der Waals surface area contributed by atoms with Crippen LogP contribution in [0.2, 0.25) is 0 Å². The van der Waals surface area contributed by atoms with Gasteiger partial charge in [-0.05, 0) is 49.7 Å². The van der Waals surface area contributed by atoms with Crippen LogP contribution in [0.25, 0.3) is 0 Å². The summed E-state index contributed by atoms with van der Waals surface area (Å²) < 4.78 is 0. The van der Waals surface area contributed by atoms with Crippen LogP contribution in [0.5, 0.6) is 0 Å². The molecule has 0 aliphatic carbocycles. The molecular weight excluding hydrogens is 316 g/mol. The fraction of sp³-hybridized carbons (Fsp3) is 0.300. The van der Waals surface area contributed by atoms with E-state index in [9.17, 15) is 9.59 Å². The molecular formula is C20H22N2O3. The quantitative estimate of drug-likeness (QED) is 0.935. The van der Waals surface area contributed by atoms with Crippen molar-refractivity contribution in [2.45, 2.75) is 13.8 Å². The number of carbonyl (C=O) groups is 2. The molecule has 0 spiro atoms. The lowest BCUT2D eigenvalue weighted by Crippen LogP contribution is -2.49. The average Bonchev–Trinajstić information content (AvgIpc) is 2.61. The first kappa shape index (κ1) is 17.0. The molecule has 0 atom stereocenters. The number of carboxylic acid groups (broad SMARTS) is 1. The Morgan fingerprint density at radius 3 is 2.04 bits per heavy atom. The molecule has 0 saturated carbocycles. The number of nitrogens with zero attached hydrogens (tertiary/aromatic N) is 2. The van der Waals surface area contributed by atoms with Crippen molar-refractivity contribution in [2.75, 3.05) is 31.1 Å². The van der Waals surface area contributed by atoms with E-state index in [4.69, 9.17) is 5.11 Å². The van der Waals surface area contributed by atoms with Crippen LogP contribution < -0.4 is 4.90 Å². The highest BCUT2D eigenvalue weighted by atomic mass is 16.4. The standard InChI is InChI=1S/C20H22N2O3/c1-14-3-8-18(15(2)13-14)21-9-11-22(12-10-21)19(23)16-4-6-17(7-5-16)20(24)25/h3-8,13H,9-12H2,1-2H3,(H,24,25). The van der Waals surface area contributed by atoms with E-state index >= 15 is 0 Å². The van der Waals surface area contributed by atoms with E-state index < -0.39 is 5.97 Å². The lowest BCUT2D eigenvalue weighted by molar-refractivity contribution is 0.0693. The topological polar surface area (TPSA) is 60.9 Å². The van der Waals surface area contributed by atoms with Crippen LogP contribution in [0.4, 0.5) is 5.69 Å². The van der Waals surface area contributed by atoms with Crippen molar-refractivity contribution in [3.05, 3.63) is 64.7 Å². The van der Waals surface area contributed by atoms with Crippen molar-refractivity contribution in [1.82, 2.24) is 4.90 Å². The molecule has 5 heteroatoms. The van der Waals surface area contributed by atoms with Gasteiger partial charge in [-0.15, -0.1) is 0 Å². The van der Waals surface area contributed by atoms with Crippen LogP contribution in [0.3, 0.4) is 0 Å². The van der Waals surface area contributed by atoms with Crippen molar-refractivity contribution in [3.8, 4) is 0 Å². The van der Waals surface area contributed by atoms with Crippen LogP contribution in [0, 0.1) is 13.8 Å². The number of hydrogen-bond donors (Lipinski definition) is 1. The molecule has 0 radical (unpaired) electrons. The van der Waals surface area contributed by atoms with Gasteiger partial charge in [0, 0.05) is 37.4 Å². The van der Waals surface area contributed by atoms with Crippen molar-refractivity contribution >= 4 is 17.6 Å². The minimum atomic E-state index is -0.985. The molecule has 1 N–H and O–H groups in total. The zero-order valence-electron chi connectivity index (χ0n) is 14.5. The number of carboxylic acids is 1. The molecule has 2 aromatic carbocycles. The Labute approximate surface area is 147 Å². The largest absolute Gasteiger partial charge is 0.478 e. The smallest absolute Gasteiger partial charge is 0.335 e. The maximum atomic E-state index is 12.6. The van der Waals surface area contributed by atoms with Gasteiger partial charge in [0.2, 0.25) is 0 Å². The van der Waals surface area contributed by atoms with Crippen LogP contribution >= 0.6 is 0 Å². The summed E-state index contributed by atoms with van der Waals surface area (Å²) in [4.78, 5) is 27.6. The summed E-state index contributed by atoms with van der Waals surface area (Å²) >= 11 is 0. The van der Waals surface area contributed by atoms with E-state index in [0.29, 0.717) is 18.7 Å². The molecule has 1 aliphatic heterocycles. The van der Waals surface area contributed by atoms with Gasteiger partial charge < -0.3 is 14.9 Å². The van der Waals surface area contributed by atoms with E-state index in [1.165, 1.54) is 28.9 Å². The van der Waals surface area contributed by atoms with E-state index in [2.05, 4.69) is 36.9 Å². The second-order valence-electron chi connectivity index (χ2n) is 6.45. The summed E-state index contributed by atoms with van der Waals surface area (Å²) in [6, 6.07) is 12.6. The molecule has 5 nitrogen and oxygen atoms in total. The molecule has 0 aromatic heterocycles. The molecule has 0 bridgehead atoms. The second kappa shape index (κ2) is 6.97. The lowest BCUT2D eigenvalue weighted by Gasteiger charge is -2.37. The summed E-state index contributed by atoms with van der Waals surface area (Å²) in [7, 11) is 0. The predicted molar refractivity (Wildman–Crippen MR) is 97.4 cm³/mol. The first-order valence-corrected chi connectivity index (χ1v) is 8.40. The Bertz CT molecular complexity index is 791. The summed E-state index contributed by atoms with van der Waals surface area (Å²) in [5.41, 5.74) is 4.45. The zero-order valence-corrected chi connectivity index (χ0v) is 14.5. The number of anilines is 1. The van der Waals surface area contributed by atoms with Crippen LogP contribution in [0.1, 0.15) is 31.8 Å². The normalized spacial score (nSPS) is 14.5. The minimum absolute atomic E-state index is 0.0442. The maximum Gasteiger partial charge on any atom is 0.335 e. The van der Waals surface area contributed by atoms with E-state index in [-0.39, 0.29) is 11.5 Å². The highest BCUT2D eigenvalue weighted by Crippen LogP contribution is 2.23. The summed E-state index contributed by atoms with van der Waals surface area (Å²) in [6.07, 6.45) is 0. The Hall–Kier alpha value is -2.82. The van der Waals surface area contributed by atoms with Gasteiger partial charge in [-0.25, -0.2) is 4.79 Å². The third-order valence-electron chi connectivity index (χ3n) is 4.64. The van der Waals surface area contributed by atoms with Crippen molar-refractivity contribution in [1.29, 1.82) is 0 Å². The fourth-order valence-corrected chi connectivity index (χ4v) is 3.25. The number of aromatic carboxylic acids is 1. The van der Waals surface area contributed by atoms with E-state index in [1.807, 2.05) is 4.90 Å². The van der Waals surface area contributed by atoms with Gasteiger partial charge in [0.25, 0.3) is 5.91 Å². The third kappa shape index (κ3) is 3.65. The highest BCUT2D eigenvalue weighted by Gasteiger charge is 2.23. The third-order valence-corrected chi connectivity index (χ3v) is 4.64. The number of amides is 1. The number of hydrogen-bond acceptors (Lipinski definition) is 3. The predicted octanol–water partition coefficient (Wildman–Crippen LogP) is 2.96. The van der Waals surface area contributed by atoms with Gasteiger partial charge in [0.1, 0.15) is 0 Å². The molecule has 3 rings (SSSR count). The van der Waals surface area contributed by atoms with Crippen molar-refractivity contribution in [2.24, 2.45) is 0 Å². The van der Waals surface area contributed by atoms with Gasteiger partial charge in [-0.3, -0.25) is 4.79 Å². The number of rotatable bonds is 3. The van der Waals surface area contributed by atoms with Gasteiger partial charge in [0.15, 0.2) is 0 Å². The van der Waals surface area contributed by atoms with Crippen molar-refractivity contribution in [3.63, 3.8) is 0 Å². The van der Waals surface area contributed by atoms with Crippen LogP contribution in [-0.4, -0.2) is 48.1 Å². The first-order chi connectivity index (χ1) is 12.0. The molecule has 1 amide bonds. The number of aryl methyl sites for hydroxylation is 2. The molecule has 2 aromatic rings. The summed E-state index contributed by atoms with van der Waals surface area (Å²) in [5, 5.41) is 8.94. The Morgan fingerprint density at radius 1 is 0.880 bits per heavy atom. The molecule has 0 unspecified atom stereocenters. The van der Waals surface area contributed by atoms with Gasteiger partial charge in [-0.2, -0.15) is 0 Å². The van der Waals surface area contributed by atoms with Crippen LogP contribution in [-0.2, 0) is 0 Å². The number of piperazine rings is 1. The Balaban J connectivity index is 1.65. The number of benzene rings is 2. The second-order valence-corrected chi connectivity index (χ2v) is 6.45. The minimum Gasteiger partial charge on any atom is -0.478 e. The van der Waals surface area contributed by atoms with Crippen molar-refractivity contribution < 1.29 is 14.7 Å². The Morgan fingerprint density at radius 2 is 1.48 bits per heavy atom. The zero-order chi connectivity index (χ0) is 18.0.